The van der Waals surface area contributed by atoms with Gasteiger partial charge in [-0.25, -0.2) is 4.39 Å². The van der Waals surface area contributed by atoms with Crippen LogP contribution in [0.2, 0.25) is 0 Å². The lowest BCUT2D eigenvalue weighted by Gasteiger charge is -2.08. The van der Waals surface area contributed by atoms with Gasteiger partial charge in [0.25, 0.3) is 0 Å². The quantitative estimate of drug-likeness (QED) is 0.750. The predicted molar refractivity (Wildman–Crippen MR) is 68.6 cm³/mol. The van der Waals surface area contributed by atoms with E-state index >= 15 is 0 Å². The van der Waals surface area contributed by atoms with Crippen molar-refractivity contribution >= 4 is 0 Å². The molecule has 0 spiro atoms. The van der Waals surface area contributed by atoms with Crippen molar-refractivity contribution in [1.29, 1.82) is 0 Å². The summed E-state index contributed by atoms with van der Waals surface area (Å²) in [7, 11) is 0. The van der Waals surface area contributed by atoms with Crippen molar-refractivity contribution in [3.8, 4) is 11.5 Å². The fourth-order valence-electron chi connectivity index (χ4n) is 1.54. The van der Waals surface area contributed by atoms with Crippen LogP contribution in [-0.2, 0) is 0 Å². The molecule has 0 fully saturated rings. The molecule has 2 aromatic rings. The minimum Gasteiger partial charge on any atom is -0.490 e. The Balaban J connectivity index is 1.77. The van der Waals surface area contributed by atoms with Crippen LogP contribution in [0.15, 0.2) is 48.5 Å². The van der Waals surface area contributed by atoms with Gasteiger partial charge in [-0.2, -0.15) is 0 Å². The monoisotopic (exact) mass is 246 g/mol. The van der Waals surface area contributed by atoms with Crippen molar-refractivity contribution in [2.75, 3.05) is 13.2 Å². The maximum absolute atomic E-state index is 13.0. The first-order chi connectivity index (χ1) is 8.75. The molecule has 2 aromatic carbocycles. The highest BCUT2D eigenvalue weighted by molar-refractivity contribution is 5.28. The lowest BCUT2D eigenvalue weighted by molar-refractivity contribution is 0.217. The van der Waals surface area contributed by atoms with E-state index < -0.39 is 0 Å². The lowest BCUT2D eigenvalue weighted by atomic mass is 10.2. The normalized spacial score (nSPS) is 10.1. The van der Waals surface area contributed by atoms with E-state index in [-0.39, 0.29) is 5.82 Å². The molecule has 0 aromatic heterocycles. The second-order valence-corrected chi connectivity index (χ2v) is 3.92. The summed E-state index contributed by atoms with van der Waals surface area (Å²) in [5, 5.41) is 0. The second kappa shape index (κ2) is 6.05. The summed E-state index contributed by atoms with van der Waals surface area (Å²) < 4.78 is 24.0. The summed E-state index contributed by atoms with van der Waals surface area (Å²) >= 11 is 0. The zero-order valence-electron chi connectivity index (χ0n) is 10.2. The van der Waals surface area contributed by atoms with Crippen molar-refractivity contribution in [2.24, 2.45) is 0 Å². The summed E-state index contributed by atoms with van der Waals surface area (Å²) in [4.78, 5) is 0. The number of para-hydroxylation sites is 1. The molecular formula is C15H15FO2. The molecule has 0 aliphatic heterocycles. The molecule has 0 amide bonds. The molecule has 2 nitrogen and oxygen atoms in total. The number of halogens is 1. The predicted octanol–water partition coefficient (Wildman–Crippen LogP) is 3.59. The molecule has 0 unspecified atom stereocenters. The minimum absolute atomic E-state index is 0.220. The Morgan fingerprint density at radius 2 is 1.56 bits per heavy atom. The smallest absolute Gasteiger partial charge is 0.126 e. The van der Waals surface area contributed by atoms with Crippen LogP contribution in [-0.4, -0.2) is 13.2 Å². The molecule has 3 heteroatoms. The van der Waals surface area contributed by atoms with Crippen molar-refractivity contribution in [1.82, 2.24) is 0 Å². The summed E-state index contributed by atoms with van der Waals surface area (Å²) in [6.45, 7) is 2.60. The van der Waals surface area contributed by atoms with Crippen LogP contribution in [0.4, 0.5) is 4.39 Å². The van der Waals surface area contributed by atoms with Crippen LogP contribution >= 0.6 is 0 Å². The Kier molecular flexibility index (Phi) is 4.18. The van der Waals surface area contributed by atoms with Gasteiger partial charge in [0.15, 0.2) is 0 Å². The van der Waals surface area contributed by atoms with E-state index in [1.807, 2.05) is 30.3 Å². The summed E-state index contributed by atoms with van der Waals surface area (Å²) in [5.41, 5.74) is 0.580. The Labute approximate surface area is 106 Å². The Morgan fingerprint density at radius 1 is 0.889 bits per heavy atom. The van der Waals surface area contributed by atoms with Gasteiger partial charge in [0.1, 0.15) is 30.5 Å². The fourth-order valence-corrected chi connectivity index (χ4v) is 1.54. The number of rotatable bonds is 5. The molecule has 0 saturated carbocycles. The first-order valence-electron chi connectivity index (χ1n) is 5.82. The van der Waals surface area contributed by atoms with Gasteiger partial charge in [-0.05, 0) is 42.8 Å². The third-order valence-electron chi connectivity index (χ3n) is 2.49. The molecule has 18 heavy (non-hydrogen) atoms. The molecule has 0 aliphatic carbocycles. The first-order valence-corrected chi connectivity index (χ1v) is 5.82. The third-order valence-corrected chi connectivity index (χ3v) is 2.49. The van der Waals surface area contributed by atoms with Gasteiger partial charge in [-0.15, -0.1) is 0 Å². The zero-order valence-corrected chi connectivity index (χ0v) is 10.2. The summed E-state index contributed by atoms with van der Waals surface area (Å²) in [6.07, 6.45) is 0. The van der Waals surface area contributed by atoms with E-state index in [1.165, 1.54) is 6.07 Å². The molecule has 0 aliphatic rings. The molecule has 2 rings (SSSR count). The topological polar surface area (TPSA) is 18.5 Å². The van der Waals surface area contributed by atoms with E-state index in [4.69, 9.17) is 9.47 Å². The van der Waals surface area contributed by atoms with Gasteiger partial charge >= 0.3 is 0 Å². The SMILES string of the molecule is Cc1cc(OCCOc2ccccc2)ccc1F. The molecule has 0 bridgehead atoms. The summed E-state index contributed by atoms with van der Waals surface area (Å²) in [6, 6.07) is 14.2. The van der Waals surface area contributed by atoms with E-state index in [0.29, 0.717) is 24.5 Å². The van der Waals surface area contributed by atoms with Crippen LogP contribution in [0.3, 0.4) is 0 Å². The molecule has 0 heterocycles. The molecule has 94 valence electrons. The maximum atomic E-state index is 13.0. The number of ether oxygens (including phenoxy) is 2. The standard InChI is InChI=1S/C15H15FO2/c1-12-11-14(7-8-15(12)16)18-10-9-17-13-5-3-2-4-6-13/h2-8,11H,9-10H2,1H3. The van der Waals surface area contributed by atoms with Gasteiger partial charge in [0.05, 0.1) is 0 Å². The van der Waals surface area contributed by atoms with Gasteiger partial charge in [-0.3, -0.25) is 0 Å². The molecular weight excluding hydrogens is 231 g/mol. The van der Waals surface area contributed by atoms with Crippen molar-refractivity contribution in [3.05, 3.63) is 59.9 Å². The highest BCUT2D eigenvalue weighted by Gasteiger charge is 1.99. The number of aryl methyl sites for hydroxylation is 1. The molecule has 0 N–H and O–H groups in total. The van der Waals surface area contributed by atoms with E-state index in [1.54, 1.807) is 19.1 Å². The molecule has 0 saturated heterocycles. The lowest BCUT2D eigenvalue weighted by Crippen LogP contribution is -2.09. The second-order valence-electron chi connectivity index (χ2n) is 3.92. The van der Waals surface area contributed by atoms with Crippen LogP contribution < -0.4 is 9.47 Å². The molecule has 0 radical (unpaired) electrons. The molecule has 0 atom stereocenters. The highest BCUT2D eigenvalue weighted by atomic mass is 19.1. The van der Waals surface area contributed by atoms with Crippen LogP contribution in [0, 0.1) is 12.7 Å². The Hall–Kier alpha value is -2.03. The fraction of sp³-hybridized carbons (Fsp3) is 0.200. The van der Waals surface area contributed by atoms with E-state index in [9.17, 15) is 4.39 Å². The zero-order chi connectivity index (χ0) is 12.8. The third kappa shape index (κ3) is 3.48. The van der Waals surface area contributed by atoms with Gasteiger partial charge in [0.2, 0.25) is 0 Å². The van der Waals surface area contributed by atoms with E-state index in [0.717, 1.165) is 5.75 Å². The van der Waals surface area contributed by atoms with E-state index in [2.05, 4.69) is 0 Å². The van der Waals surface area contributed by atoms with Gasteiger partial charge < -0.3 is 9.47 Å². The van der Waals surface area contributed by atoms with Crippen LogP contribution in [0.5, 0.6) is 11.5 Å². The van der Waals surface area contributed by atoms with Crippen LogP contribution in [0.25, 0.3) is 0 Å². The number of benzene rings is 2. The van der Waals surface area contributed by atoms with Gasteiger partial charge in [0, 0.05) is 0 Å². The van der Waals surface area contributed by atoms with Crippen molar-refractivity contribution < 1.29 is 13.9 Å². The average Bonchev–Trinajstić information content (AvgIpc) is 2.40. The Bertz CT molecular complexity index is 497. The number of hydrogen-bond donors (Lipinski definition) is 0. The van der Waals surface area contributed by atoms with Crippen molar-refractivity contribution in [2.45, 2.75) is 6.92 Å². The van der Waals surface area contributed by atoms with Crippen LogP contribution in [0.1, 0.15) is 5.56 Å². The number of hydrogen-bond acceptors (Lipinski definition) is 2. The highest BCUT2D eigenvalue weighted by Crippen LogP contribution is 2.16. The minimum atomic E-state index is -0.220. The first kappa shape index (κ1) is 12.4. The largest absolute Gasteiger partial charge is 0.490 e. The maximum Gasteiger partial charge on any atom is 0.126 e. The summed E-state index contributed by atoms with van der Waals surface area (Å²) in [5.74, 6) is 1.25. The average molecular weight is 246 g/mol. The van der Waals surface area contributed by atoms with Crippen molar-refractivity contribution in [3.63, 3.8) is 0 Å². The Morgan fingerprint density at radius 3 is 2.22 bits per heavy atom. The van der Waals surface area contributed by atoms with Gasteiger partial charge in [-0.1, -0.05) is 18.2 Å².